The number of hydrogen-bond donors (Lipinski definition) is 2. The van der Waals surface area contributed by atoms with Gasteiger partial charge in [-0.05, 0) is 50.7 Å². The molecule has 1 unspecified atom stereocenters. The molecule has 0 aliphatic heterocycles. The Morgan fingerprint density at radius 3 is 2.15 bits per heavy atom. The predicted octanol–water partition coefficient (Wildman–Crippen LogP) is 3.93. The van der Waals surface area contributed by atoms with E-state index in [1.54, 1.807) is 18.9 Å². The molecule has 10 heteroatoms. The van der Waals surface area contributed by atoms with Crippen molar-refractivity contribution in [1.29, 1.82) is 0 Å². The molecule has 1 amide bonds. The van der Waals surface area contributed by atoms with Gasteiger partial charge in [-0.25, -0.2) is 4.79 Å². The molecule has 226 valence electrons. The highest BCUT2D eigenvalue weighted by atomic mass is 16.6. The van der Waals surface area contributed by atoms with Gasteiger partial charge >= 0.3 is 17.9 Å². The molecular formula is C30H48N2O8. The number of aliphatic carboxylic acids is 1. The molecule has 1 aromatic carbocycles. The number of carboxylic acids is 1. The van der Waals surface area contributed by atoms with Gasteiger partial charge in [0.1, 0.15) is 13.2 Å². The molecule has 0 aromatic heterocycles. The van der Waals surface area contributed by atoms with Crippen molar-refractivity contribution in [1.82, 2.24) is 10.2 Å². The van der Waals surface area contributed by atoms with Crippen LogP contribution in [-0.4, -0.2) is 80.4 Å². The summed E-state index contributed by atoms with van der Waals surface area (Å²) in [5.41, 5.74) is 2.10. The van der Waals surface area contributed by atoms with Crippen molar-refractivity contribution < 1.29 is 38.5 Å². The van der Waals surface area contributed by atoms with Crippen LogP contribution < -0.4 is 5.32 Å². The van der Waals surface area contributed by atoms with E-state index in [9.17, 15) is 19.2 Å². The van der Waals surface area contributed by atoms with E-state index in [1.807, 2.05) is 45.0 Å². The number of methoxy groups -OCH3 is 1. The highest BCUT2D eigenvalue weighted by Crippen LogP contribution is 2.21. The first-order valence-electron chi connectivity index (χ1n) is 13.6. The highest BCUT2D eigenvalue weighted by Gasteiger charge is 2.26. The molecule has 1 aromatic rings. The van der Waals surface area contributed by atoms with E-state index >= 15 is 0 Å². The predicted molar refractivity (Wildman–Crippen MR) is 154 cm³/mol. The zero-order valence-electron chi connectivity index (χ0n) is 25.2. The summed E-state index contributed by atoms with van der Waals surface area (Å²) in [7, 11) is 1.58. The van der Waals surface area contributed by atoms with Gasteiger partial charge < -0.3 is 24.6 Å². The molecule has 10 nitrogen and oxygen atoms in total. The van der Waals surface area contributed by atoms with Crippen LogP contribution in [0.3, 0.4) is 0 Å². The number of ether oxygens (including phenoxy) is 3. The van der Waals surface area contributed by atoms with Crippen LogP contribution >= 0.6 is 0 Å². The van der Waals surface area contributed by atoms with Gasteiger partial charge in [-0.2, -0.15) is 0 Å². The van der Waals surface area contributed by atoms with Gasteiger partial charge in [-0.15, -0.1) is 0 Å². The Hall–Kier alpha value is -3.24. The monoisotopic (exact) mass is 564 g/mol. The fourth-order valence-electron chi connectivity index (χ4n) is 3.08. The summed E-state index contributed by atoms with van der Waals surface area (Å²) in [5, 5.41) is 11.7. The number of hydrogen-bond acceptors (Lipinski definition) is 8. The van der Waals surface area contributed by atoms with Crippen molar-refractivity contribution in [3.05, 3.63) is 47.5 Å². The third kappa shape index (κ3) is 16.0. The Bertz CT molecular complexity index is 944. The average molecular weight is 565 g/mol. The zero-order valence-corrected chi connectivity index (χ0v) is 25.2. The molecule has 0 spiro atoms. The minimum Gasteiger partial charge on any atom is -0.480 e. The van der Waals surface area contributed by atoms with Crippen molar-refractivity contribution in [3.63, 3.8) is 0 Å². The molecule has 2 N–H and O–H groups in total. The van der Waals surface area contributed by atoms with E-state index in [-0.39, 0.29) is 43.5 Å². The summed E-state index contributed by atoms with van der Waals surface area (Å²) < 4.78 is 14.6. The number of nitrogens with zero attached hydrogens (tertiary/aromatic N) is 1. The Morgan fingerprint density at radius 2 is 1.65 bits per heavy atom. The van der Waals surface area contributed by atoms with Crippen molar-refractivity contribution in [2.24, 2.45) is 5.41 Å². The Morgan fingerprint density at radius 1 is 1.02 bits per heavy atom. The van der Waals surface area contributed by atoms with Crippen LogP contribution in [0.1, 0.15) is 71.4 Å². The lowest BCUT2D eigenvalue weighted by molar-refractivity contribution is -0.155. The van der Waals surface area contributed by atoms with Gasteiger partial charge in [-0.3, -0.25) is 19.3 Å². The number of rotatable bonds is 17. The molecule has 0 aliphatic rings. The lowest BCUT2D eigenvalue weighted by Gasteiger charge is -2.20. The summed E-state index contributed by atoms with van der Waals surface area (Å²) in [4.78, 5) is 47.3. The van der Waals surface area contributed by atoms with Crippen LogP contribution in [-0.2, 0) is 39.9 Å². The Balaban J connectivity index is 0.00000106. The molecule has 40 heavy (non-hydrogen) atoms. The summed E-state index contributed by atoms with van der Waals surface area (Å²) in [5.74, 6) is -1.53. The van der Waals surface area contributed by atoms with E-state index in [1.165, 1.54) is 5.56 Å². The molecule has 0 saturated heterocycles. The molecule has 0 fully saturated rings. The van der Waals surface area contributed by atoms with Crippen LogP contribution in [0, 0.1) is 5.41 Å². The first kappa shape index (κ1) is 36.8. The van der Waals surface area contributed by atoms with Gasteiger partial charge in [0.05, 0.1) is 31.7 Å². The van der Waals surface area contributed by atoms with Crippen molar-refractivity contribution >= 4 is 23.8 Å². The summed E-state index contributed by atoms with van der Waals surface area (Å²) in [6.07, 6.45) is 1.84. The largest absolute Gasteiger partial charge is 0.480 e. The molecule has 0 bridgehead atoms. The maximum Gasteiger partial charge on any atom is 0.333 e. The first-order chi connectivity index (χ1) is 18.8. The second-order valence-electron chi connectivity index (χ2n) is 10.2. The van der Waals surface area contributed by atoms with Gasteiger partial charge in [0.15, 0.2) is 0 Å². The van der Waals surface area contributed by atoms with E-state index < -0.39 is 11.9 Å². The normalized spacial score (nSPS) is 11.6. The first-order valence-corrected chi connectivity index (χ1v) is 13.6. The number of esters is 2. The summed E-state index contributed by atoms with van der Waals surface area (Å²) >= 11 is 0. The lowest BCUT2D eigenvalue weighted by atomic mass is 9.91. The minimum absolute atomic E-state index is 0.0352. The quantitative estimate of drug-likeness (QED) is 0.164. The number of carboxylic acid groups (broad SMARTS) is 1. The zero-order chi connectivity index (χ0) is 30.7. The van der Waals surface area contributed by atoms with Gasteiger partial charge in [-0.1, -0.05) is 51.6 Å². The Labute approximate surface area is 239 Å². The third-order valence-electron chi connectivity index (χ3n) is 6.26. The summed E-state index contributed by atoms with van der Waals surface area (Å²) in [6.45, 7) is 16.1. The summed E-state index contributed by atoms with van der Waals surface area (Å²) in [6, 6.07) is 8.01. The van der Waals surface area contributed by atoms with E-state index in [2.05, 4.69) is 25.7 Å². The lowest BCUT2D eigenvalue weighted by Crippen LogP contribution is -2.40. The SMILES string of the molecule is C=C(C)C(=O)OCCNC(=O)CN(CC(=O)O)Cc1ccc(C(C)CC)cc1.CCC(C)(C)C(=O)OCCOC. The maximum atomic E-state index is 12.1. The van der Waals surface area contributed by atoms with Crippen molar-refractivity contribution in [2.75, 3.05) is 46.6 Å². The van der Waals surface area contributed by atoms with Crippen LogP contribution in [0.5, 0.6) is 0 Å². The van der Waals surface area contributed by atoms with Crippen LogP contribution in [0.25, 0.3) is 0 Å². The molecule has 0 radical (unpaired) electrons. The second kappa shape index (κ2) is 19.8. The van der Waals surface area contributed by atoms with Crippen molar-refractivity contribution in [3.8, 4) is 0 Å². The Kier molecular flexibility index (Phi) is 18.2. The standard InChI is InChI=1S/C21H30N2O5.C9H18O3/c1-5-16(4)18-8-6-17(7-9-18)12-23(14-20(25)26)13-19(24)22-10-11-28-21(27)15(2)3;1-5-9(2,3)8(10)12-7-6-11-4/h6-9,16H,2,5,10-14H2,1,3-4H3,(H,22,24)(H,25,26);5-7H2,1-4H3. The fraction of sp³-hybridized carbons (Fsp3) is 0.600. The number of benzene rings is 1. The average Bonchev–Trinajstić information content (AvgIpc) is 2.90. The van der Waals surface area contributed by atoms with E-state index in [0.29, 0.717) is 31.2 Å². The molecule has 1 atom stereocenters. The van der Waals surface area contributed by atoms with Crippen LogP contribution in [0.15, 0.2) is 36.4 Å². The molecule has 0 aliphatic carbocycles. The van der Waals surface area contributed by atoms with Gasteiger partial charge in [0.25, 0.3) is 0 Å². The molecule has 0 saturated carbocycles. The van der Waals surface area contributed by atoms with Crippen LogP contribution in [0.4, 0.5) is 0 Å². The van der Waals surface area contributed by atoms with Crippen LogP contribution in [0.2, 0.25) is 0 Å². The number of carbonyl (C=O) groups excluding carboxylic acids is 3. The topological polar surface area (TPSA) is 131 Å². The minimum atomic E-state index is -1.00. The van der Waals surface area contributed by atoms with Gasteiger partial charge in [0.2, 0.25) is 5.91 Å². The number of nitrogens with one attached hydrogen (secondary N) is 1. The smallest absolute Gasteiger partial charge is 0.333 e. The third-order valence-corrected chi connectivity index (χ3v) is 6.26. The molecular weight excluding hydrogens is 516 g/mol. The fourth-order valence-corrected chi connectivity index (χ4v) is 3.08. The molecule has 1 rings (SSSR count). The van der Waals surface area contributed by atoms with Gasteiger partial charge in [0, 0.05) is 19.2 Å². The second-order valence-corrected chi connectivity index (χ2v) is 10.2. The van der Waals surface area contributed by atoms with E-state index in [0.717, 1.165) is 18.4 Å². The number of carbonyl (C=O) groups is 4. The van der Waals surface area contributed by atoms with E-state index in [4.69, 9.17) is 19.3 Å². The molecule has 0 heterocycles. The highest BCUT2D eigenvalue weighted by molar-refractivity contribution is 5.87. The number of amides is 1. The van der Waals surface area contributed by atoms with Crippen molar-refractivity contribution in [2.45, 2.75) is 66.8 Å². The maximum absolute atomic E-state index is 12.1.